The third kappa shape index (κ3) is 8.19. The first-order valence-electron chi connectivity index (χ1n) is 5.41. The molecule has 0 fully saturated rings. The Hall–Kier alpha value is -1.14. The average Bonchev–Trinajstić information content (AvgIpc) is 2.31. The molecule has 0 aromatic carbocycles. The summed E-state index contributed by atoms with van der Waals surface area (Å²) in [6.07, 6.45) is 2.67. The minimum atomic E-state index is -0.407. The second kappa shape index (κ2) is 10.4. The van der Waals surface area contributed by atoms with E-state index in [2.05, 4.69) is 10.1 Å². The van der Waals surface area contributed by atoms with E-state index >= 15 is 0 Å². The number of esters is 1. The predicted molar refractivity (Wildman–Crippen MR) is 60.8 cm³/mol. The van der Waals surface area contributed by atoms with Crippen molar-refractivity contribution in [2.75, 3.05) is 39.8 Å². The largest absolute Gasteiger partial charge is 0.468 e. The van der Waals surface area contributed by atoms with Crippen LogP contribution in [0.3, 0.4) is 0 Å². The highest BCUT2D eigenvalue weighted by Crippen LogP contribution is 1.85. The summed E-state index contributed by atoms with van der Waals surface area (Å²) in [5.74, 6) is -0.407. The number of nitrogens with zero attached hydrogens (tertiary/aromatic N) is 1. The van der Waals surface area contributed by atoms with Gasteiger partial charge in [0.1, 0.15) is 6.54 Å². The Morgan fingerprint density at radius 1 is 1.44 bits per heavy atom. The van der Waals surface area contributed by atoms with Gasteiger partial charge in [-0.2, -0.15) is 0 Å². The predicted octanol–water partition coefficient (Wildman–Crippen LogP) is -1.05. The number of nitrogens with one attached hydrogen (secondary N) is 1. The van der Waals surface area contributed by atoms with Gasteiger partial charge < -0.3 is 20.7 Å². The van der Waals surface area contributed by atoms with Crippen molar-refractivity contribution in [2.24, 2.45) is 5.73 Å². The summed E-state index contributed by atoms with van der Waals surface area (Å²) in [5, 5.41) is 3.17. The van der Waals surface area contributed by atoms with Crippen LogP contribution in [0.25, 0.3) is 0 Å². The van der Waals surface area contributed by atoms with Gasteiger partial charge in [0.25, 0.3) is 0 Å². The summed E-state index contributed by atoms with van der Waals surface area (Å²) in [6, 6.07) is 0. The lowest BCUT2D eigenvalue weighted by atomic mass is 10.3. The summed E-state index contributed by atoms with van der Waals surface area (Å²) in [7, 11) is 1.30. The zero-order chi connectivity index (χ0) is 12.2. The highest BCUT2D eigenvalue weighted by atomic mass is 16.5. The van der Waals surface area contributed by atoms with Crippen LogP contribution in [-0.4, -0.2) is 57.1 Å². The van der Waals surface area contributed by atoms with Crippen molar-refractivity contribution in [3.8, 4) is 0 Å². The van der Waals surface area contributed by atoms with Crippen LogP contribution in [0.5, 0.6) is 0 Å². The van der Waals surface area contributed by atoms with Crippen molar-refractivity contribution in [3.05, 3.63) is 0 Å². The van der Waals surface area contributed by atoms with Gasteiger partial charge in [0.2, 0.25) is 6.41 Å². The van der Waals surface area contributed by atoms with E-state index in [1.807, 2.05) is 0 Å². The fourth-order valence-corrected chi connectivity index (χ4v) is 1.14. The quantitative estimate of drug-likeness (QED) is 0.284. The van der Waals surface area contributed by atoms with E-state index in [1.165, 1.54) is 12.0 Å². The molecule has 0 spiro atoms. The van der Waals surface area contributed by atoms with Gasteiger partial charge in [0, 0.05) is 13.1 Å². The van der Waals surface area contributed by atoms with Crippen LogP contribution < -0.4 is 11.1 Å². The number of carbonyl (C=O) groups is 2. The Morgan fingerprint density at radius 3 is 2.75 bits per heavy atom. The number of hydrogen-bond acceptors (Lipinski definition) is 5. The van der Waals surface area contributed by atoms with E-state index in [0.29, 0.717) is 26.0 Å². The molecule has 6 heteroatoms. The molecule has 0 saturated heterocycles. The SMILES string of the molecule is COC(=O)CN(C=O)CCNCCCCN. The number of ether oxygens (including phenoxy) is 1. The standard InChI is InChI=1S/C10H21N3O3/c1-16-10(15)8-13(9-14)7-6-12-5-3-2-4-11/h9,12H,2-8,11H2,1H3. The smallest absolute Gasteiger partial charge is 0.325 e. The molecule has 0 bridgehead atoms. The van der Waals surface area contributed by atoms with E-state index in [4.69, 9.17) is 5.73 Å². The molecule has 0 radical (unpaired) electrons. The first-order valence-corrected chi connectivity index (χ1v) is 5.41. The fraction of sp³-hybridized carbons (Fsp3) is 0.800. The van der Waals surface area contributed by atoms with E-state index in [0.717, 1.165) is 19.4 Å². The molecule has 0 rings (SSSR count). The summed E-state index contributed by atoms with van der Waals surface area (Å²) < 4.78 is 4.47. The molecular formula is C10H21N3O3. The average molecular weight is 231 g/mol. The van der Waals surface area contributed by atoms with Crippen molar-refractivity contribution >= 4 is 12.4 Å². The van der Waals surface area contributed by atoms with Crippen LogP contribution >= 0.6 is 0 Å². The molecule has 16 heavy (non-hydrogen) atoms. The van der Waals surface area contributed by atoms with Crippen LogP contribution in [0, 0.1) is 0 Å². The van der Waals surface area contributed by atoms with Crippen molar-refractivity contribution in [1.29, 1.82) is 0 Å². The van der Waals surface area contributed by atoms with Gasteiger partial charge in [0.05, 0.1) is 7.11 Å². The van der Waals surface area contributed by atoms with E-state index < -0.39 is 5.97 Å². The topological polar surface area (TPSA) is 84.7 Å². The van der Waals surface area contributed by atoms with Crippen molar-refractivity contribution in [3.63, 3.8) is 0 Å². The van der Waals surface area contributed by atoms with Gasteiger partial charge in [-0.15, -0.1) is 0 Å². The van der Waals surface area contributed by atoms with E-state index in [9.17, 15) is 9.59 Å². The maximum Gasteiger partial charge on any atom is 0.325 e. The van der Waals surface area contributed by atoms with Crippen LogP contribution in [-0.2, 0) is 14.3 Å². The molecule has 0 aliphatic rings. The molecule has 0 unspecified atom stereocenters. The normalized spacial score (nSPS) is 9.88. The van der Waals surface area contributed by atoms with Gasteiger partial charge in [-0.05, 0) is 25.9 Å². The number of methoxy groups -OCH3 is 1. The second-order valence-corrected chi connectivity index (χ2v) is 3.40. The molecule has 0 aliphatic carbocycles. The number of nitrogens with two attached hydrogens (primary N) is 1. The fourth-order valence-electron chi connectivity index (χ4n) is 1.14. The maximum atomic E-state index is 10.9. The monoisotopic (exact) mass is 231 g/mol. The number of hydrogen-bond donors (Lipinski definition) is 2. The molecule has 0 heterocycles. The van der Waals surface area contributed by atoms with E-state index in [1.54, 1.807) is 0 Å². The Kier molecular flexibility index (Phi) is 9.64. The molecule has 0 aliphatic heterocycles. The van der Waals surface area contributed by atoms with Crippen molar-refractivity contribution in [1.82, 2.24) is 10.2 Å². The van der Waals surface area contributed by atoms with Gasteiger partial charge in [-0.3, -0.25) is 9.59 Å². The molecule has 0 atom stereocenters. The van der Waals surface area contributed by atoms with Crippen LogP contribution in [0.4, 0.5) is 0 Å². The lowest BCUT2D eigenvalue weighted by molar-refractivity contribution is -0.144. The van der Waals surface area contributed by atoms with Gasteiger partial charge >= 0.3 is 5.97 Å². The molecule has 94 valence electrons. The lowest BCUT2D eigenvalue weighted by Gasteiger charge is -2.15. The summed E-state index contributed by atoms with van der Waals surface area (Å²) in [6.45, 7) is 2.75. The highest BCUT2D eigenvalue weighted by molar-refractivity contribution is 5.73. The van der Waals surface area contributed by atoms with Crippen LogP contribution in [0.2, 0.25) is 0 Å². The second-order valence-electron chi connectivity index (χ2n) is 3.40. The zero-order valence-electron chi connectivity index (χ0n) is 9.78. The molecule has 3 N–H and O–H groups in total. The number of unbranched alkanes of at least 4 members (excludes halogenated alkanes) is 1. The maximum absolute atomic E-state index is 10.9. The highest BCUT2D eigenvalue weighted by Gasteiger charge is 2.07. The number of amides is 1. The molecule has 1 amide bonds. The molecule has 6 nitrogen and oxygen atoms in total. The van der Waals surface area contributed by atoms with E-state index in [-0.39, 0.29) is 6.54 Å². The molecule has 0 aromatic rings. The summed E-state index contributed by atoms with van der Waals surface area (Å²) in [5.41, 5.74) is 5.35. The Morgan fingerprint density at radius 2 is 2.19 bits per heavy atom. The van der Waals surface area contributed by atoms with Crippen LogP contribution in [0.1, 0.15) is 12.8 Å². The van der Waals surface area contributed by atoms with Crippen LogP contribution in [0.15, 0.2) is 0 Å². The molecule has 0 aromatic heterocycles. The first kappa shape index (κ1) is 14.9. The molecular weight excluding hydrogens is 210 g/mol. The van der Waals surface area contributed by atoms with Crippen molar-refractivity contribution in [2.45, 2.75) is 12.8 Å². The number of rotatable bonds is 10. The zero-order valence-corrected chi connectivity index (χ0v) is 9.78. The minimum absolute atomic E-state index is 0.00444. The Balaban J connectivity index is 3.48. The summed E-state index contributed by atoms with van der Waals surface area (Å²) >= 11 is 0. The minimum Gasteiger partial charge on any atom is -0.468 e. The Bertz CT molecular complexity index is 200. The van der Waals surface area contributed by atoms with Gasteiger partial charge in [-0.1, -0.05) is 0 Å². The first-order chi connectivity index (χ1) is 7.74. The number of carbonyl (C=O) groups excluding carboxylic acids is 2. The summed E-state index contributed by atoms with van der Waals surface area (Å²) in [4.78, 5) is 22.9. The Labute approximate surface area is 96.1 Å². The van der Waals surface area contributed by atoms with Gasteiger partial charge in [-0.25, -0.2) is 0 Å². The van der Waals surface area contributed by atoms with Crippen molar-refractivity contribution < 1.29 is 14.3 Å². The van der Waals surface area contributed by atoms with Gasteiger partial charge in [0.15, 0.2) is 0 Å². The lowest BCUT2D eigenvalue weighted by Crippen LogP contribution is -2.35. The third-order valence-electron chi connectivity index (χ3n) is 2.09. The third-order valence-corrected chi connectivity index (χ3v) is 2.09. The molecule has 0 saturated carbocycles.